The Balaban J connectivity index is 1.22. The number of ether oxygens (including phenoxy) is 2. The van der Waals surface area contributed by atoms with Crippen molar-refractivity contribution in [1.29, 1.82) is 0 Å². The second-order valence-corrected chi connectivity index (χ2v) is 14.7. The summed E-state index contributed by atoms with van der Waals surface area (Å²) < 4.78 is 13.3. The lowest BCUT2D eigenvalue weighted by molar-refractivity contribution is -0.139. The number of amides is 2. The molecule has 0 saturated carbocycles. The van der Waals surface area contributed by atoms with Gasteiger partial charge in [-0.3, -0.25) is 9.88 Å². The molecule has 0 spiro atoms. The lowest BCUT2D eigenvalue weighted by Gasteiger charge is -2.39. The third kappa shape index (κ3) is 7.63. The van der Waals surface area contributed by atoms with E-state index in [0.717, 1.165) is 38.9 Å². The zero-order valence-corrected chi connectivity index (χ0v) is 31.5. The molecule has 1 heterocycles. The number of aliphatic carboxylic acids is 1. The molecular formula is C46H44N4O6. The van der Waals surface area contributed by atoms with Crippen molar-refractivity contribution in [3.05, 3.63) is 179 Å². The summed E-state index contributed by atoms with van der Waals surface area (Å²) in [5.41, 5.74) is 5.64. The third-order valence-electron chi connectivity index (χ3n) is 9.98. The predicted molar refractivity (Wildman–Crippen MR) is 215 cm³/mol. The Morgan fingerprint density at radius 2 is 1.20 bits per heavy atom. The highest BCUT2D eigenvalue weighted by atomic mass is 16.6. The number of carbonyl (C=O) groups excluding carboxylic acids is 2. The van der Waals surface area contributed by atoms with Crippen LogP contribution in [-0.2, 0) is 26.2 Å². The van der Waals surface area contributed by atoms with E-state index in [1.165, 1.54) is 0 Å². The Bertz CT molecular complexity index is 2180. The molecule has 0 bridgehead atoms. The predicted octanol–water partition coefficient (Wildman–Crippen LogP) is 8.99. The Morgan fingerprint density at radius 1 is 0.714 bits per heavy atom. The zero-order chi connectivity index (χ0) is 39.3. The number of aryl methyl sites for hydroxylation is 1. The molecule has 284 valence electrons. The van der Waals surface area contributed by atoms with E-state index in [1.807, 2.05) is 132 Å². The minimum atomic E-state index is -1.30. The maximum atomic E-state index is 13.4. The van der Waals surface area contributed by atoms with Gasteiger partial charge >= 0.3 is 18.2 Å². The first kappa shape index (κ1) is 37.6. The number of anilines is 1. The Labute approximate surface area is 326 Å². The van der Waals surface area contributed by atoms with Crippen molar-refractivity contribution in [2.75, 3.05) is 11.9 Å². The zero-order valence-electron chi connectivity index (χ0n) is 31.5. The maximum absolute atomic E-state index is 13.4. The second kappa shape index (κ2) is 16.0. The normalized spacial score (nSPS) is 12.9. The molecule has 0 unspecified atom stereocenters. The quantitative estimate of drug-likeness (QED) is 0.107. The molecule has 0 radical (unpaired) electrons. The molecule has 0 fully saturated rings. The number of carboxylic acid groups (broad SMARTS) is 1. The monoisotopic (exact) mass is 748 g/mol. The average molecular weight is 749 g/mol. The van der Waals surface area contributed by atoms with Crippen molar-refractivity contribution in [2.45, 2.75) is 56.7 Å². The van der Waals surface area contributed by atoms with Crippen LogP contribution in [-0.4, -0.2) is 51.1 Å². The topological polar surface area (TPSA) is 132 Å². The number of alkyl carbamates (subject to hydrolysis) is 1. The fraction of sp³-hybridized carbons (Fsp3) is 0.217. The first-order valence-corrected chi connectivity index (χ1v) is 18.6. The number of benzene rings is 5. The van der Waals surface area contributed by atoms with E-state index < -0.39 is 35.3 Å². The van der Waals surface area contributed by atoms with E-state index in [4.69, 9.17) is 14.5 Å². The molecule has 3 N–H and O–H groups in total. The van der Waals surface area contributed by atoms with Crippen LogP contribution in [0, 0.1) is 0 Å². The standard InChI is InChI=1S/C46H44N4O6/c1-45(2,3)56-44(54)49-42-47-29-34(50(42)46(31-17-7-4-8-18-31,32-19-9-5-10-20-32)33-21-11-6-12-22-33)27-28-40(41(51)52)48-43(53)55-30-39-37-25-15-13-23-35(37)36-24-14-16-26-38(36)39/h4-26,29,39-40H,27-28,30H2,1-3H3,(H,48,53)(H,51,52)(H,47,49,54)/t40-/m0/s1. The largest absolute Gasteiger partial charge is 0.480 e. The van der Waals surface area contributed by atoms with E-state index in [2.05, 4.69) is 22.8 Å². The van der Waals surface area contributed by atoms with Crippen molar-refractivity contribution < 1.29 is 29.0 Å². The van der Waals surface area contributed by atoms with E-state index in [1.54, 1.807) is 27.0 Å². The molecule has 1 aliphatic rings. The fourth-order valence-corrected chi connectivity index (χ4v) is 7.68. The van der Waals surface area contributed by atoms with Crippen LogP contribution in [0.25, 0.3) is 11.1 Å². The summed E-state index contributed by atoms with van der Waals surface area (Å²) in [6, 6.07) is 44.3. The first-order chi connectivity index (χ1) is 27.1. The fourth-order valence-electron chi connectivity index (χ4n) is 7.68. The van der Waals surface area contributed by atoms with Crippen LogP contribution >= 0.6 is 0 Å². The van der Waals surface area contributed by atoms with Gasteiger partial charge in [0, 0.05) is 11.6 Å². The van der Waals surface area contributed by atoms with Crippen LogP contribution in [0.3, 0.4) is 0 Å². The number of rotatable bonds is 12. The van der Waals surface area contributed by atoms with Gasteiger partial charge in [-0.05, 0) is 72.6 Å². The van der Waals surface area contributed by atoms with E-state index in [0.29, 0.717) is 5.69 Å². The molecule has 10 nitrogen and oxygen atoms in total. The summed E-state index contributed by atoms with van der Waals surface area (Å²) >= 11 is 0. The highest BCUT2D eigenvalue weighted by Gasteiger charge is 2.42. The molecule has 1 aromatic heterocycles. The number of nitrogens with one attached hydrogen (secondary N) is 2. The molecule has 5 aromatic carbocycles. The summed E-state index contributed by atoms with van der Waals surface area (Å²) in [5, 5.41) is 15.9. The van der Waals surface area contributed by atoms with Gasteiger partial charge in [0.1, 0.15) is 23.8 Å². The number of hydrogen-bond acceptors (Lipinski definition) is 6. The number of carbonyl (C=O) groups is 3. The van der Waals surface area contributed by atoms with E-state index in [-0.39, 0.29) is 31.3 Å². The van der Waals surface area contributed by atoms with Crippen molar-refractivity contribution in [3.63, 3.8) is 0 Å². The molecule has 7 rings (SSSR count). The van der Waals surface area contributed by atoms with Crippen LogP contribution in [0.2, 0.25) is 0 Å². The summed E-state index contributed by atoms with van der Waals surface area (Å²) in [7, 11) is 0. The third-order valence-corrected chi connectivity index (χ3v) is 9.98. The van der Waals surface area contributed by atoms with Crippen LogP contribution < -0.4 is 10.6 Å². The summed E-state index contributed by atoms with van der Waals surface area (Å²) in [6.45, 7) is 5.39. The highest BCUT2D eigenvalue weighted by Crippen LogP contribution is 2.45. The Kier molecular flexibility index (Phi) is 10.7. The second-order valence-electron chi connectivity index (χ2n) is 14.7. The Morgan fingerprint density at radius 3 is 1.68 bits per heavy atom. The van der Waals surface area contributed by atoms with Gasteiger partial charge in [-0.2, -0.15) is 0 Å². The smallest absolute Gasteiger partial charge is 0.414 e. The maximum Gasteiger partial charge on any atom is 0.414 e. The van der Waals surface area contributed by atoms with Crippen LogP contribution in [0.15, 0.2) is 146 Å². The molecule has 1 aliphatic carbocycles. The van der Waals surface area contributed by atoms with Gasteiger partial charge in [-0.15, -0.1) is 0 Å². The molecule has 6 aromatic rings. The van der Waals surface area contributed by atoms with Crippen molar-refractivity contribution in [1.82, 2.24) is 14.9 Å². The number of hydrogen-bond donors (Lipinski definition) is 3. The van der Waals surface area contributed by atoms with Gasteiger partial charge in [0.15, 0.2) is 0 Å². The van der Waals surface area contributed by atoms with Crippen molar-refractivity contribution >= 4 is 24.1 Å². The first-order valence-electron chi connectivity index (χ1n) is 18.6. The molecule has 1 atom stereocenters. The number of aromatic nitrogens is 2. The van der Waals surface area contributed by atoms with Crippen LogP contribution in [0.5, 0.6) is 0 Å². The molecule has 0 saturated heterocycles. The summed E-state index contributed by atoms with van der Waals surface area (Å²) in [4.78, 5) is 44.1. The summed E-state index contributed by atoms with van der Waals surface area (Å²) in [5.74, 6) is -1.19. The summed E-state index contributed by atoms with van der Waals surface area (Å²) in [6.07, 6.45) is 0.248. The van der Waals surface area contributed by atoms with E-state index in [9.17, 15) is 19.5 Å². The average Bonchev–Trinajstić information content (AvgIpc) is 3.74. The highest BCUT2D eigenvalue weighted by molar-refractivity contribution is 5.83. The minimum absolute atomic E-state index is 0.00838. The number of nitrogens with zero attached hydrogens (tertiary/aromatic N) is 2. The van der Waals surface area contributed by atoms with Gasteiger partial charge in [0.25, 0.3) is 0 Å². The molecule has 10 heteroatoms. The SMILES string of the molecule is CC(C)(C)OC(=O)Nc1ncc(CC[C@H](NC(=O)OCC2c3ccccc3-c3ccccc32)C(=O)O)n1C(c1ccccc1)(c1ccccc1)c1ccccc1. The van der Waals surface area contributed by atoms with Crippen LogP contribution in [0.1, 0.15) is 66.6 Å². The minimum Gasteiger partial charge on any atom is -0.480 e. The van der Waals surface area contributed by atoms with Crippen molar-refractivity contribution in [3.8, 4) is 11.1 Å². The number of fused-ring (bicyclic) bond motifs is 3. The van der Waals surface area contributed by atoms with Crippen LogP contribution in [0.4, 0.5) is 15.5 Å². The van der Waals surface area contributed by atoms with Crippen molar-refractivity contribution in [2.24, 2.45) is 0 Å². The van der Waals surface area contributed by atoms with Gasteiger partial charge < -0.3 is 19.9 Å². The Hall–Kier alpha value is -6.68. The molecule has 2 amide bonds. The number of carboxylic acids is 1. The van der Waals surface area contributed by atoms with Gasteiger partial charge in [0.05, 0.1) is 6.20 Å². The number of imidazole rings is 1. The molecule has 0 aliphatic heterocycles. The lowest BCUT2D eigenvalue weighted by atomic mass is 9.76. The van der Waals surface area contributed by atoms with E-state index >= 15 is 0 Å². The molecular weight excluding hydrogens is 705 g/mol. The molecule has 56 heavy (non-hydrogen) atoms. The van der Waals surface area contributed by atoms with Gasteiger partial charge in [-0.25, -0.2) is 19.4 Å². The lowest BCUT2D eigenvalue weighted by Crippen LogP contribution is -2.43. The van der Waals surface area contributed by atoms with Gasteiger partial charge in [-0.1, -0.05) is 140 Å². The van der Waals surface area contributed by atoms with Gasteiger partial charge in [0.2, 0.25) is 5.95 Å².